The molecule has 0 radical (unpaired) electrons. The maximum Gasteiger partial charge on any atom is 0.303 e. The molecule has 86 valence electrons. The fraction of sp³-hybridized carbons (Fsp3) is 0.364. The summed E-state index contributed by atoms with van der Waals surface area (Å²) in [6, 6.07) is 6.85. The molecule has 0 aromatic heterocycles. The van der Waals surface area contributed by atoms with Crippen molar-refractivity contribution < 1.29 is 9.90 Å². The lowest BCUT2D eigenvalue weighted by Gasteiger charge is -2.18. The van der Waals surface area contributed by atoms with E-state index in [1.807, 2.05) is 11.9 Å². The van der Waals surface area contributed by atoms with Crippen molar-refractivity contribution in [3.05, 3.63) is 29.2 Å². The Morgan fingerprint density at radius 3 is 2.50 bits per heavy atom. The second-order valence-corrected chi connectivity index (χ2v) is 3.53. The van der Waals surface area contributed by atoms with Crippen LogP contribution in [0.3, 0.4) is 0 Å². The minimum Gasteiger partial charge on any atom is -0.481 e. The molecule has 1 aromatic carbocycles. The van der Waals surface area contributed by atoms with Crippen LogP contribution in [0.4, 0.5) is 11.4 Å². The maximum absolute atomic E-state index is 10.3. The number of nitrogens with zero attached hydrogens (tertiary/aromatic N) is 2. The summed E-state index contributed by atoms with van der Waals surface area (Å²) in [5.41, 5.74) is 1.33. The molecule has 1 aromatic rings. The molecule has 1 N–H and O–H groups in total. The van der Waals surface area contributed by atoms with Crippen molar-refractivity contribution in [2.24, 2.45) is 5.18 Å². The van der Waals surface area contributed by atoms with E-state index in [0.29, 0.717) is 18.7 Å². The SMILES string of the molecule is CN(CCCC(=O)O)c1ccc(N=O)cc1. The number of nitroso groups, excluding NO2 is 1. The molecule has 0 saturated carbocycles. The summed E-state index contributed by atoms with van der Waals surface area (Å²) < 4.78 is 0. The van der Waals surface area contributed by atoms with Crippen molar-refractivity contribution in [3.8, 4) is 0 Å². The number of carboxylic acids is 1. The third-order valence-corrected chi connectivity index (χ3v) is 2.28. The highest BCUT2D eigenvalue weighted by Crippen LogP contribution is 2.18. The molecule has 0 unspecified atom stereocenters. The molecule has 0 bridgehead atoms. The molecule has 1 rings (SSSR count). The summed E-state index contributed by atoms with van der Waals surface area (Å²) in [5, 5.41) is 11.3. The van der Waals surface area contributed by atoms with Gasteiger partial charge in [0, 0.05) is 25.7 Å². The fourth-order valence-electron chi connectivity index (χ4n) is 1.36. The summed E-state index contributed by atoms with van der Waals surface area (Å²) in [4.78, 5) is 22.5. The first kappa shape index (κ1) is 12.2. The predicted octanol–water partition coefficient (Wildman–Crippen LogP) is 2.39. The summed E-state index contributed by atoms with van der Waals surface area (Å²) in [5.74, 6) is -0.783. The standard InChI is InChI=1S/C11H14N2O3/c1-13(8-2-3-11(14)15)10-6-4-9(12-16)5-7-10/h4-7H,2-3,8H2,1H3,(H,14,15). The van der Waals surface area contributed by atoms with E-state index >= 15 is 0 Å². The molecule has 5 heteroatoms. The second-order valence-electron chi connectivity index (χ2n) is 3.53. The average Bonchev–Trinajstić information content (AvgIpc) is 2.28. The molecule has 0 heterocycles. The normalized spacial score (nSPS) is 9.81. The first-order valence-corrected chi connectivity index (χ1v) is 5.00. The van der Waals surface area contributed by atoms with Gasteiger partial charge in [-0.1, -0.05) is 0 Å². The Kier molecular flexibility index (Phi) is 4.44. The van der Waals surface area contributed by atoms with Crippen molar-refractivity contribution in [2.75, 3.05) is 18.5 Å². The van der Waals surface area contributed by atoms with Gasteiger partial charge in [-0.2, -0.15) is 0 Å². The third kappa shape index (κ3) is 3.68. The van der Waals surface area contributed by atoms with Crippen LogP contribution in [0.15, 0.2) is 29.4 Å². The first-order chi connectivity index (χ1) is 7.63. The first-order valence-electron chi connectivity index (χ1n) is 5.00. The van der Waals surface area contributed by atoms with Crippen LogP contribution >= 0.6 is 0 Å². The van der Waals surface area contributed by atoms with Crippen molar-refractivity contribution in [3.63, 3.8) is 0 Å². The Morgan fingerprint density at radius 1 is 1.38 bits per heavy atom. The zero-order valence-electron chi connectivity index (χ0n) is 9.09. The molecule has 0 aliphatic rings. The maximum atomic E-state index is 10.3. The Bertz CT molecular complexity index is 362. The highest BCUT2D eigenvalue weighted by Gasteiger charge is 2.02. The van der Waals surface area contributed by atoms with Gasteiger partial charge in [-0.15, -0.1) is 4.91 Å². The van der Waals surface area contributed by atoms with E-state index in [1.54, 1.807) is 24.3 Å². The number of hydrogen-bond acceptors (Lipinski definition) is 4. The Hall–Kier alpha value is -1.91. The number of carbonyl (C=O) groups is 1. The predicted molar refractivity (Wildman–Crippen MR) is 62.0 cm³/mol. The fourth-order valence-corrected chi connectivity index (χ4v) is 1.36. The summed E-state index contributed by atoms with van der Waals surface area (Å²) >= 11 is 0. The monoisotopic (exact) mass is 222 g/mol. The number of rotatable bonds is 6. The molecule has 0 aliphatic heterocycles. The number of benzene rings is 1. The van der Waals surface area contributed by atoms with Gasteiger partial charge in [0.1, 0.15) is 5.69 Å². The van der Waals surface area contributed by atoms with Crippen LogP contribution < -0.4 is 4.90 Å². The Morgan fingerprint density at radius 2 is 2.00 bits per heavy atom. The molecule has 0 amide bonds. The minimum absolute atomic E-state index is 0.165. The summed E-state index contributed by atoms with van der Waals surface area (Å²) in [6.45, 7) is 0.667. The molecule has 0 fully saturated rings. The molecule has 0 spiro atoms. The van der Waals surface area contributed by atoms with Crippen molar-refractivity contribution >= 4 is 17.3 Å². The van der Waals surface area contributed by atoms with Gasteiger partial charge in [0.15, 0.2) is 0 Å². The zero-order chi connectivity index (χ0) is 12.0. The van der Waals surface area contributed by atoms with Crippen LogP contribution in [0.25, 0.3) is 0 Å². The van der Waals surface area contributed by atoms with E-state index in [2.05, 4.69) is 5.18 Å². The van der Waals surface area contributed by atoms with E-state index in [1.165, 1.54) is 0 Å². The van der Waals surface area contributed by atoms with Crippen LogP contribution in [0, 0.1) is 4.91 Å². The molecule has 0 saturated heterocycles. The van der Waals surface area contributed by atoms with Crippen LogP contribution in [-0.4, -0.2) is 24.7 Å². The molecule has 5 nitrogen and oxygen atoms in total. The molecule has 16 heavy (non-hydrogen) atoms. The van der Waals surface area contributed by atoms with Gasteiger partial charge in [-0.25, -0.2) is 0 Å². The highest BCUT2D eigenvalue weighted by molar-refractivity contribution is 5.66. The van der Waals surface area contributed by atoms with E-state index in [-0.39, 0.29) is 6.42 Å². The lowest BCUT2D eigenvalue weighted by Crippen LogP contribution is -2.19. The topological polar surface area (TPSA) is 70.0 Å². The van der Waals surface area contributed by atoms with Gasteiger partial charge >= 0.3 is 5.97 Å². The van der Waals surface area contributed by atoms with Crippen molar-refractivity contribution in [1.29, 1.82) is 0 Å². The van der Waals surface area contributed by atoms with Crippen LogP contribution in [0.1, 0.15) is 12.8 Å². The van der Waals surface area contributed by atoms with Crippen molar-refractivity contribution in [1.82, 2.24) is 0 Å². The van der Waals surface area contributed by atoms with Crippen LogP contribution in [0.5, 0.6) is 0 Å². The quantitative estimate of drug-likeness (QED) is 0.750. The van der Waals surface area contributed by atoms with E-state index in [0.717, 1.165) is 5.69 Å². The zero-order valence-corrected chi connectivity index (χ0v) is 9.09. The lowest BCUT2D eigenvalue weighted by atomic mass is 10.2. The highest BCUT2D eigenvalue weighted by atomic mass is 16.4. The minimum atomic E-state index is -0.783. The van der Waals surface area contributed by atoms with Crippen molar-refractivity contribution in [2.45, 2.75) is 12.8 Å². The van der Waals surface area contributed by atoms with Gasteiger partial charge in [-0.05, 0) is 35.9 Å². The molecule has 0 atom stereocenters. The number of aliphatic carboxylic acids is 1. The van der Waals surface area contributed by atoms with Gasteiger partial charge < -0.3 is 10.0 Å². The van der Waals surface area contributed by atoms with E-state index < -0.39 is 5.97 Å². The summed E-state index contributed by atoms with van der Waals surface area (Å²) in [7, 11) is 1.88. The lowest BCUT2D eigenvalue weighted by molar-refractivity contribution is -0.137. The van der Waals surface area contributed by atoms with Crippen LogP contribution in [0.2, 0.25) is 0 Å². The average molecular weight is 222 g/mol. The van der Waals surface area contributed by atoms with Gasteiger partial charge in [0.2, 0.25) is 0 Å². The smallest absolute Gasteiger partial charge is 0.303 e. The molecule has 0 aliphatic carbocycles. The Labute approximate surface area is 93.7 Å². The van der Waals surface area contributed by atoms with Crippen LogP contribution in [-0.2, 0) is 4.79 Å². The van der Waals surface area contributed by atoms with Gasteiger partial charge in [-0.3, -0.25) is 4.79 Å². The molecular formula is C11H14N2O3. The number of hydrogen-bond donors (Lipinski definition) is 1. The largest absolute Gasteiger partial charge is 0.481 e. The van der Waals surface area contributed by atoms with E-state index in [4.69, 9.17) is 5.11 Å². The summed E-state index contributed by atoms with van der Waals surface area (Å²) in [6.07, 6.45) is 0.762. The van der Waals surface area contributed by atoms with Gasteiger partial charge in [0.05, 0.1) is 0 Å². The molecular weight excluding hydrogens is 208 g/mol. The van der Waals surface area contributed by atoms with E-state index in [9.17, 15) is 9.70 Å². The Balaban J connectivity index is 2.48. The number of anilines is 1. The second kappa shape index (κ2) is 5.85. The third-order valence-electron chi connectivity index (χ3n) is 2.28. The van der Waals surface area contributed by atoms with Gasteiger partial charge in [0.25, 0.3) is 0 Å². The number of carboxylic acid groups (broad SMARTS) is 1.